The Hall–Kier alpha value is -1.44. The third-order valence-corrected chi connectivity index (χ3v) is 4.40. The van der Waals surface area contributed by atoms with E-state index < -0.39 is 21.5 Å². The monoisotopic (exact) mass is 341 g/mol. The fourth-order valence-corrected chi connectivity index (χ4v) is 3.20. The minimum atomic E-state index is -3.47. The van der Waals surface area contributed by atoms with Crippen LogP contribution < -0.4 is 15.8 Å². The molecule has 1 atom stereocenters. The van der Waals surface area contributed by atoms with E-state index in [1.54, 1.807) is 0 Å². The summed E-state index contributed by atoms with van der Waals surface area (Å²) < 4.78 is 24.9. The molecule has 1 amide bonds. The zero-order valence-corrected chi connectivity index (χ0v) is 15.2. The lowest BCUT2D eigenvalue weighted by Gasteiger charge is -2.25. The number of hydrogen-bond donors (Lipinski definition) is 3. The van der Waals surface area contributed by atoms with Crippen LogP contribution in [0, 0.1) is 0 Å². The number of sulfonamides is 1. The average molecular weight is 341 g/mol. The maximum atomic E-state index is 12.1. The molecule has 0 aliphatic carbocycles. The van der Waals surface area contributed by atoms with Crippen LogP contribution in [0.3, 0.4) is 0 Å². The summed E-state index contributed by atoms with van der Waals surface area (Å²) in [5.74, 6) is 0.0278. The molecule has 0 fully saturated rings. The molecule has 130 valence electrons. The Bertz CT molecular complexity index is 637. The van der Waals surface area contributed by atoms with E-state index in [1.807, 2.05) is 24.3 Å². The van der Waals surface area contributed by atoms with Gasteiger partial charge in [-0.25, -0.2) is 13.1 Å². The third kappa shape index (κ3) is 6.29. The summed E-state index contributed by atoms with van der Waals surface area (Å²) in [6.07, 6.45) is 1.02. The van der Waals surface area contributed by atoms with Crippen molar-refractivity contribution in [2.45, 2.75) is 45.2 Å². The first kappa shape index (κ1) is 19.6. The van der Waals surface area contributed by atoms with E-state index in [2.05, 4.69) is 23.9 Å². The number of carbonyl (C=O) groups excluding carboxylic acids is 1. The van der Waals surface area contributed by atoms with Crippen LogP contribution in [0.1, 0.15) is 50.8 Å². The van der Waals surface area contributed by atoms with Gasteiger partial charge in [0.1, 0.15) is 5.54 Å². The van der Waals surface area contributed by atoms with Gasteiger partial charge in [-0.2, -0.15) is 0 Å². The molecule has 0 heterocycles. The van der Waals surface area contributed by atoms with Crippen molar-refractivity contribution >= 4 is 15.9 Å². The van der Waals surface area contributed by atoms with Crippen molar-refractivity contribution in [3.8, 4) is 0 Å². The second-order valence-electron chi connectivity index (χ2n) is 6.64. The molecule has 1 rings (SSSR count). The zero-order valence-electron chi connectivity index (χ0n) is 14.4. The van der Waals surface area contributed by atoms with Gasteiger partial charge in [0.05, 0.1) is 6.26 Å². The number of nitrogens with one attached hydrogen (secondary N) is 2. The van der Waals surface area contributed by atoms with Crippen LogP contribution >= 0.6 is 0 Å². The minimum Gasteiger partial charge on any atom is -0.353 e. The van der Waals surface area contributed by atoms with Gasteiger partial charge in [-0.15, -0.1) is 0 Å². The van der Waals surface area contributed by atoms with Gasteiger partial charge < -0.3 is 11.1 Å². The number of benzene rings is 1. The van der Waals surface area contributed by atoms with E-state index in [4.69, 9.17) is 5.73 Å². The third-order valence-electron chi connectivity index (χ3n) is 3.52. The van der Waals surface area contributed by atoms with Crippen molar-refractivity contribution in [3.63, 3.8) is 0 Å². The first-order valence-electron chi connectivity index (χ1n) is 7.55. The van der Waals surface area contributed by atoms with Crippen molar-refractivity contribution in [2.24, 2.45) is 5.73 Å². The summed E-state index contributed by atoms with van der Waals surface area (Å²) in [5.41, 5.74) is 7.00. The van der Waals surface area contributed by atoms with Crippen molar-refractivity contribution in [1.29, 1.82) is 0 Å². The maximum absolute atomic E-state index is 12.1. The van der Waals surface area contributed by atoms with E-state index in [0.717, 1.165) is 11.8 Å². The first-order chi connectivity index (χ1) is 10.4. The summed E-state index contributed by atoms with van der Waals surface area (Å²) in [4.78, 5) is 12.1. The Balaban J connectivity index is 2.64. The highest BCUT2D eigenvalue weighted by Crippen LogP contribution is 2.17. The fraction of sp³-hybridized carbons (Fsp3) is 0.562. The van der Waals surface area contributed by atoms with Gasteiger partial charge in [-0.1, -0.05) is 38.1 Å². The number of amides is 1. The molecular formula is C16H27N3O3S. The lowest BCUT2D eigenvalue weighted by Crippen LogP contribution is -2.55. The molecule has 0 aliphatic rings. The molecule has 0 saturated heterocycles. The standard InChI is InChI=1S/C16H27N3O3S/c1-11(2)12-6-8-13(9-7-12)14(17)10-18-15(20)16(3,4)19-23(5,21)22/h6-9,11,14,19H,10,17H2,1-5H3,(H,18,20). The predicted octanol–water partition coefficient (Wildman–Crippen LogP) is 1.25. The highest BCUT2D eigenvalue weighted by molar-refractivity contribution is 7.88. The van der Waals surface area contributed by atoms with Crippen molar-refractivity contribution in [3.05, 3.63) is 35.4 Å². The number of carbonyl (C=O) groups is 1. The number of rotatable bonds is 7. The first-order valence-corrected chi connectivity index (χ1v) is 9.44. The highest BCUT2D eigenvalue weighted by Gasteiger charge is 2.30. The Kier molecular flexibility index (Phi) is 6.33. The predicted molar refractivity (Wildman–Crippen MR) is 92.5 cm³/mol. The SMILES string of the molecule is CC(C)c1ccc(C(N)CNC(=O)C(C)(C)NS(C)(=O)=O)cc1. The minimum absolute atomic E-state index is 0.231. The van der Waals surface area contributed by atoms with E-state index in [9.17, 15) is 13.2 Å². The lowest BCUT2D eigenvalue weighted by molar-refractivity contribution is -0.125. The summed E-state index contributed by atoms with van der Waals surface area (Å²) in [7, 11) is -3.47. The molecule has 0 aromatic heterocycles. The maximum Gasteiger partial charge on any atom is 0.240 e. The van der Waals surface area contributed by atoms with Gasteiger partial charge in [-0.05, 0) is 30.9 Å². The molecule has 7 heteroatoms. The molecule has 1 aromatic carbocycles. The Morgan fingerprint density at radius 3 is 2.09 bits per heavy atom. The summed E-state index contributed by atoms with van der Waals surface area (Å²) in [6.45, 7) is 7.48. The number of nitrogens with two attached hydrogens (primary N) is 1. The highest BCUT2D eigenvalue weighted by atomic mass is 32.2. The topological polar surface area (TPSA) is 101 Å². The molecule has 23 heavy (non-hydrogen) atoms. The second kappa shape index (κ2) is 7.42. The molecule has 6 nitrogen and oxygen atoms in total. The van der Waals surface area contributed by atoms with Crippen molar-refractivity contribution < 1.29 is 13.2 Å². The van der Waals surface area contributed by atoms with Gasteiger partial charge in [0.15, 0.2) is 0 Å². The fourth-order valence-electron chi connectivity index (χ4n) is 2.18. The van der Waals surface area contributed by atoms with Crippen LogP contribution in [0.5, 0.6) is 0 Å². The van der Waals surface area contributed by atoms with Crippen LogP contribution in [-0.2, 0) is 14.8 Å². The molecule has 1 unspecified atom stereocenters. The van der Waals surface area contributed by atoms with Gasteiger partial charge in [0.2, 0.25) is 15.9 Å². The summed E-state index contributed by atoms with van der Waals surface area (Å²) in [5, 5.41) is 2.69. The quantitative estimate of drug-likeness (QED) is 0.695. The Morgan fingerprint density at radius 1 is 1.17 bits per heavy atom. The van der Waals surface area contributed by atoms with E-state index in [-0.39, 0.29) is 12.6 Å². The molecule has 0 aliphatic heterocycles. The molecule has 1 aromatic rings. The lowest BCUT2D eigenvalue weighted by atomic mass is 9.99. The average Bonchev–Trinajstić information content (AvgIpc) is 2.41. The van der Waals surface area contributed by atoms with Gasteiger partial charge in [0, 0.05) is 12.6 Å². The Morgan fingerprint density at radius 2 is 1.65 bits per heavy atom. The van der Waals surface area contributed by atoms with Crippen LogP contribution in [0.15, 0.2) is 24.3 Å². The summed E-state index contributed by atoms with van der Waals surface area (Å²) >= 11 is 0. The van der Waals surface area contributed by atoms with Crippen LogP contribution in [-0.4, -0.2) is 32.7 Å². The zero-order chi connectivity index (χ0) is 17.8. The van der Waals surface area contributed by atoms with Gasteiger partial charge >= 0.3 is 0 Å². The van der Waals surface area contributed by atoms with Crippen LogP contribution in [0.4, 0.5) is 0 Å². The van der Waals surface area contributed by atoms with Gasteiger partial charge in [0.25, 0.3) is 0 Å². The number of hydrogen-bond acceptors (Lipinski definition) is 4. The van der Waals surface area contributed by atoms with Crippen molar-refractivity contribution in [1.82, 2.24) is 10.0 Å². The summed E-state index contributed by atoms with van der Waals surface area (Å²) in [6, 6.07) is 7.60. The molecule has 0 spiro atoms. The van der Waals surface area contributed by atoms with E-state index >= 15 is 0 Å². The van der Waals surface area contributed by atoms with Crippen LogP contribution in [0.2, 0.25) is 0 Å². The van der Waals surface area contributed by atoms with Crippen LogP contribution in [0.25, 0.3) is 0 Å². The molecule has 0 bridgehead atoms. The second-order valence-corrected chi connectivity index (χ2v) is 8.39. The molecule has 0 radical (unpaired) electrons. The van der Waals surface area contributed by atoms with Crippen molar-refractivity contribution in [2.75, 3.05) is 12.8 Å². The molecule has 4 N–H and O–H groups in total. The van der Waals surface area contributed by atoms with Gasteiger partial charge in [-0.3, -0.25) is 4.79 Å². The molecular weight excluding hydrogens is 314 g/mol. The molecule has 0 saturated carbocycles. The Labute approximate surface area is 138 Å². The normalized spacial score (nSPS) is 13.9. The van der Waals surface area contributed by atoms with E-state index in [1.165, 1.54) is 19.4 Å². The smallest absolute Gasteiger partial charge is 0.240 e. The van der Waals surface area contributed by atoms with E-state index in [0.29, 0.717) is 5.92 Å². The largest absolute Gasteiger partial charge is 0.353 e.